The zero-order valence-electron chi connectivity index (χ0n) is 15.3. The lowest BCUT2D eigenvalue weighted by Gasteiger charge is -2.20. The minimum atomic E-state index is -1.06. The van der Waals surface area contributed by atoms with Gasteiger partial charge in [0.05, 0.1) is 19.0 Å². The molecule has 1 aromatic heterocycles. The first kappa shape index (κ1) is 18.4. The van der Waals surface area contributed by atoms with Crippen molar-refractivity contribution < 1.29 is 19.4 Å². The molecule has 2 aromatic carbocycles. The topological polar surface area (TPSA) is 84.7 Å². The number of imidazole rings is 1. The third kappa shape index (κ3) is 3.76. The molecule has 0 aliphatic carbocycles. The summed E-state index contributed by atoms with van der Waals surface area (Å²) >= 11 is 0. The number of carboxylic acid groups (broad SMARTS) is 1. The van der Waals surface area contributed by atoms with E-state index in [0.29, 0.717) is 17.8 Å². The number of methoxy groups -OCH3 is 1. The van der Waals surface area contributed by atoms with Crippen LogP contribution in [0, 0.1) is 0 Å². The average molecular weight is 367 g/mol. The number of hydrogen-bond donors (Lipinski definition) is 1. The first-order valence-electron chi connectivity index (χ1n) is 8.62. The van der Waals surface area contributed by atoms with Crippen LogP contribution in [0.4, 0.5) is 0 Å². The number of ether oxygens (including phenoxy) is 1. The molecule has 27 heavy (non-hydrogen) atoms. The molecule has 1 N–H and O–H groups in total. The van der Waals surface area contributed by atoms with Crippen molar-refractivity contribution in [1.82, 2.24) is 14.5 Å². The smallest absolute Gasteiger partial charge is 0.323 e. The number of nitrogens with zero attached hydrogens (tertiary/aromatic N) is 3. The quantitative estimate of drug-likeness (QED) is 0.694. The molecule has 7 nitrogen and oxygen atoms in total. The van der Waals surface area contributed by atoms with Gasteiger partial charge in [-0.2, -0.15) is 0 Å². The second kappa shape index (κ2) is 7.90. The van der Waals surface area contributed by atoms with Gasteiger partial charge in [-0.05, 0) is 24.6 Å². The maximum absolute atomic E-state index is 13.0. The van der Waals surface area contributed by atoms with Crippen molar-refractivity contribution in [2.45, 2.75) is 13.5 Å². The van der Waals surface area contributed by atoms with E-state index in [4.69, 9.17) is 9.84 Å². The van der Waals surface area contributed by atoms with Crippen LogP contribution in [-0.2, 0) is 11.3 Å². The maximum atomic E-state index is 13.0. The third-order valence-corrected chi connectivity index (χ3v) is 4.38. The lowest BCUT2D eigenvalue weighted by molar-refractivity contribution is -0.137. The van der Waals surface area contributed by atoms with Crippen LogP contribution < -0.4 is 4.74 Å². The number of likely N-dealkylation sites (N-methyl/N-ethyl adjacent to an activating group) is 1. The monoisotopic (exact) mass is 367 g/mol. The highest BCUT2D eigenvalue weighted by Gasteiger charge is 2.25. The zero-order valence-corrected chi connectivity index (χ0v) is 15.3. The van der Waals surface area contributed by atoms with Crippen LogP contribution in [0.25, 0.3) is 11.0 Å². The number of aromatic nitrogens is 2. The van der Waals surface area contributed by atoms with Gasteiger partial charge >= 0.3 is 5.97 Å². The minimum Gasteiger partial charge on any atom is -0.496 e. The summed E-state index contributed by atoms with van der Waals surface area (Å²) in [6, 6.07) is 13.5. The van der Waals surface area contributed by atoms with E-state index in [0.717, 1.165) is 11.1 Å². The number of benzene rings is 2. The Bertz CT molecular complexity index is 966. The Labute approximate surface area is 156 Å². The summed E-state index contributed by atoms with van der Waals surface area (Å²) in [5, 5.41) is 9.07. The normalized spacial score (nSPS) is 10.7. The van der Waals surface area contributed by atoms with Crippen LogP contribution in [0.15, 0.2) is 48.8 Å². The van der Waals surface area contributed by atoms with Crippen molar-refractivity contribution in [3.63, 3.8) is 0 Å². The molecule has 0 bridgehead atoms. The SMILES string of the molecule is CCN(CC(=O)O)C(=O)c1c(OC)ccc2c1ncn2Cc1ccccc1. The van der Waals surface area contributed by atoms with Crippen molar-refractivity contribution in [3.8, 4) is 5.75 Å². The second-order valence-electron chi connectivity index (χ2n) is 6.08. The molecule has 0 atom stereocenters. The summed E-state index contributed by atoms with van der Waals surface area (Å²) in [6.45, 7) is 2.25. The zero-order chi connectivity index (χ0) is 19.4. The van der Waals surface area contributed by atoms with Crippen LogP contribution in [-0.4, -0.2) is 51.6 Å². The van der Waals surface area contributed by atoms with Crippen LogP contribution in [0.5, 0.6) is 5.75 Å². The summed E-state index contributed by atoms with van der Waals surface area (Å²) in [5.74, 6) is -1.10. The van der Waals surface area contributed by atoms with E-state index >= 15 is 0 Å². The minimum absolute atomic E-state index is 0.273. The predicted octanol–water partition coefficient (Wildman–Crippen LogP) is 2.64. The number of carbonyl (C=O) groups is 2. The number of carbonyl (C=O) groups excluding carboxylic acids is 1. The summed E-state index contributed by atoms with van der Waals surface area (Å²) in [4.78, 5) is 29.8. The van der Waals surface area contributed by atoms with Crippen molar-refractivity contribution in [3.05, 3.63) is 59.9 Å². The van der Waals surface area contributed by atoms with E-state index in [2.05, 4.69) is 4.98 Å². The number of carboxylic acids is 1. The molecule has 140 valence electrons. The van der Waals surface area contributed by atoms with Gasteiger partial charge in [0.25, 0.3) is 5.91 Å². The Balaban J connectivity index is 2.06. The molecule has 0 unspecified atom stereocenters. The van der Waals surface area contributed by atoms with Gasteiger partial charge in [-0.15, -0.1) is 0 Å². The molecule has 1 amide bonds. The highest BCUT2D eigenvalue weighted by molar-refractivity contribution is 6.08. The standard InChI is InChI=1S/C20H21N3O4/c1-3-22(12-17(24)25)20(26)18-16(27-2)10-9-15-19(18)21-13-23(15)11-14-7-5-4-6-8-14/h4-10,13H,3,11-12H2,1-2H3,(H,24,25). The molecule has 0 aliphatic heterocycles. The van der Waals surface area contributed by atoms with Crippen molar-refractivity contribution in [1.29, 1.82) is 0 Å². The summed E-state index contributed by atoms with van der Waals surface area (Å²) in [5.41, 5.74) is 2.68. The largest absolute Gasteiger partial charge is 0.496 e. The Hall–Kier alpha value is -3.35. The van der Waals surface area contributed by atoms with Gasteiger partial charge in [-0.1, -0.05) is 30.3 Å². The van der Waals surface area contributed by atoms with Gasteiger partial charge in [0.2, 0.25) is 0 Å². The Morgan fingerprint density at radius 2 is 1.93 bits per heavy atom. The van der Waals surface area contributed by atoms with E-state index in [9.17, 15) is 9.59 Å². The Morgan fingerprint density at radius 3 is 2.56 bits per heavy atom. The second-order valence-corrected chi connectivity index (χ2v) is 6.08. The van der Waals surface area contributed by atoms with Gasteiger partial charge in [0.1, 0.15) is 23.4 Å². The number of rotatable bonds is 7. The van der Waals surface area contributed by atoms with Crippen molar-refractivity contribution >= 4 is 22.9 Å². The molecular weight excluding hydrogens is 346 g/mol. The number of hydrogen-bond acceptors (Lipinski definition) is 4. The van der Waals surface area contributed by atoms with E-state index in [1.807, 2.05) is 41.0 Å². The fraction of sp³-hybridized carbons (Fsp3) is 0.250. The molecule has 3 rings (SSSR count). The Kier molecular flexibility index (Phi) is 5.40. The molecule has 0 spiro atoms. The highest BCUT2D eigenvalue weighted by atomic mass is 16.5. The highest BCUT2D eigenvalue weighted by Crippen LogP contribution is 2.29. The number of fused-ring (bicyclic) bond motifs is 1. The van der Waals surface area contributed by atoms with Crippen molar-refractivity contribution in [2.75, 3.05) is 20.2 Å². The predicted molar refractivity (Wildman–Crippen MR) is 101 cm³/mol. The lowest BCUT2D eigenvalue weighted by Crippen LogP contribution is -2.35. The molecule has 0 saturated heterocycles. The third-order valence-electron chi connectivity index (χ3n) is 4.38. The fourth-order valence-electron chi connectivity index (χ4n) is 3.05. The maximum Gasteiger partial charge on any atom is 0.323 e. The molecular formula is C20H21N3O4. The lowest BCUT2D eigenvalue weighted by atomic mass is 10.1. The van der Waals surface area contributed by atoms with Crippen molar-refractivity contribution in [2.24, 2.45) is 0 Å². The van der Waals surface area contributed by atoms with Crippen LogP contribution >= 0.6 is 0 Å². The molecule has 3 aromatic rings. The van der Waals surface area contributed by atoms with E-state index in [-0.39, 0.29) is 18.7 Å². The average Bonchev–Trinajstić information content (AvgIpc) is 3.08. The summed E-state index contributed by atoms with van der Waals surface area (Å²) in [7, 11) is 1.48. The molecule has 1 heterocycles. The molecule has 0 fully saturated rings. The van der Waals surface area contributed by atoms with Crippen LogP contribution in [0.3, 0.4) is 0 Å². The van der Waals surface area contributed by atoms with Gasteiger partial charge in [-0.25, -0.2) is 4.98 Å². The van der Waals surface area contributed by atoms with Crippen LogP contribution in [0.1, 0.15) is 22.8 Å². The molecule has 7 heteroatoms. The van der Waals surface area contributed by atoms with Crippen LogP contribution in [0.2, 0.25) is 0 Å². The molecule has 0 aliphatic rings. The van der Waals surface area contributed by atoms with Gasteiger partial charge in [0.15, 0.2) is 0 Å². The van der Waals surface area contributed by atoms with Gasteiger partial charge < -0.3 is 19.3 Å². The molecule has 0 saturated carbocycles. The molecule has 0 radical (unpaired) electrons. The first-order chi connectivity index (χ1) is 13.0. The summed E-state index contributed by atoms with van der Waals surface area (Å²) < 4.78 is 7.31. The first-order valence-corrected chi connectivity index (χ1v) is 8.62. The number of aliphatic carboxylic acids is 1. The number of amides is 1. The van der Waals surface area contributed by atoms with Gasteiger partial charge in [0, 0.05) is 13.1 Å². The van der Waals surface area contributed by atoms with E-state index in [1.54, 1.807) is 19.3 Å². The Morgan fingerprint density at radius 1 is 1.19 bits per heavy atom. The van der Waals surface area contributed by atoms with E-state index < -0.39 is 11.9 Å². The fourth-order valence-corrected chi connectivity index (χ4v) is 3.05. The van der Waals surface area contributed by atoms with E-state index in [1.165, 1.54) is 12.0 Å². The summed E-state index contributed by atoms with van der Waals surface area (Å²) in [6.07, 6.45) is 1.68. The van der Waals surface area contributed by atoms with Gasteiger partial charge in [-0.3, -0.25) is 9.59 Å².